The zero-order valence-corrected chi connectivity index (χ0v) is 21.0. The quantitative estimate of drug-likeness (QED) is 0.249. The predicted octanol–water partition coefficient (Wildman–Crippen LogP) is 5.32. The molecule has 8 heteroatoms. The molecule has 1 saturated heterocycles. The summed E-state index contributed by atoms with van der Waals surface area (Å²) in [6.45, 7) is 13.2. The lowest BCUT2D eigenvalue weighted by atomic mass is 9.92. The molecule has 1 aliphatic heterocycles. The monoisotopic (exact) mass is 464 g/mol. The van der Waals surface area contributed by atoms with Crippen LogP contribution in [0.15, 0.2) is 30.3 Å². The molecule has 0 aromatic heterocycles. The average Bonchev–Trinajstić information content (AvgIpc) is 2.76. The van der Waals surface area contributed by atoms with Gasteiger partial charge in [-0.15, -0.1) is 0 Å². The Labute approximate surface area is 193 Å². The molecule has 1 fully saturated rings. The SMILES string of the molecule is CCC1OCC(C)C(OC(=O)c2ccccc2)C1OP(OCCC#N)N(C(C)C)C(C)C. The van der Waals surface area contributed by atoms with E-state index in [9.17, 15) is 4.79 Å². The molecule has 1 aliphatic rings. The van der Waals surface area contributed by atoms with Crippen molar-refractivity contribution in [2.45, 2.75) is 84.8 Å². The smallest absolute Gasteiger partial charge is 0.338 e. The van der Waals surface area contributed by atoms with Crippen LogP contribution in [0, 0.1) is 17.2 Å². The molecule has 2 rings (SSSR count). The second-order valence-corrected chi connectivity index (χ2v) is 10.0. The number of carbonyl (C=O) groups is 1. The fourth-order valence-corrected chi connectivity index (χ4v) is 5.59. The van der Waals surface area contributed by atoms with Gasteiger partial charge in [-0.2, -0.15) is 5.26 Å². The highest BCUT2D eigenvalue weighted by atomic mass is 31.2. The molecule has 0 N–H and O–H groups in total. The molecule has 32 heavy (non-hydrogen) atoms. The topological polar surface area (TPSA) is 81.0 Å². The number of benzene rings is 1. The van der Waals surface area contributed by atoms with Crippen LogP contribution in [0.25, 0.3) is 0 Å². The maximum absolute atomic E-state index is 12.9. The minimum atomic E-state index is -1.48. The largest absolute Gasteiger partial charge is 0.456 e. The first-order valence-corrected chi connectivity index (χ1v) is 12.6. The maximum atomic E-state index is 12.9. The van der Waals surface area contributed by atoms with Crippen molar-refractivity contribution in [3.63, 3.8) is 0 Å². The van der Waals surface area contributed by atoms with E-state index < -0.39 is 20.7 Å². The number of esters is 1. The van der Waals surface area contributed by atoms with E-state index in [1.165, 1.54) is 0 Å². The number of carbonyl (C=O) groups excluding carboxylic acids is 1. The molecule has 0 bridgehead atoms. The minimum Gasteiger partial charge on any atom is -0.456 e. The molecule has 178 valence electrons. The highest BCUT2D eigenvalue weighted by Crippen LogP contribution is 2.49. The Balaban J connectivity index is 2.29. The first-order chi connectivity index (χ1) is 15.3. The van der Waals surface area contributed by atoms with Gasteiger partial charge in [-0.1, -0.05) is 32.0 Å². The van der Waals surface area contributed by atoms with Crippen LogP contribution in [0.1, 0.15) is 64.7 Å². The number of ether oxygens (including phenoxy) is 2. The third-order valence-electron chi connectivity index (χ3n) is 5.35. The maximum Gasteiger partial charge on any atom is 0.338 e. The average molecular weight is 465 g/mol. The second kappa shape index (κ2) is 13.2. The van der Waals surface area contributed by atoms with Gasteiger partial charge in [0.2, 0.25) is 0 Å². The van der Waals surface area contributed by atoms with Crippen molar-refractivity contribution in [2.24, 2.45) is 5.92 Å². The summed E-state index contributed by atoms with van der Waals surface area (Å²) in [5.74, 6) is -0.398. The van der Waals surface area contributed by atoms with E-state index in [1.54, 1.807) is 12.1 Å². The molecule has 5 atom stereocenters. The molecule has 1 aromatic carbocycles. The van der Waals surface area contributed by atoms with Crippen molar-refractivity contribution in [1.82, 2.24) is 4.67 Å². The Morgan fingerprint density at radius 1 is 1.22 bits per heavy atom. The van der Waals surface area contributed by atoms with Gasteiger partial charge in [0.15, 0.2) is 0 Å². The van der Waals surface area contributed by atoms with Gasteiger partial charge in [0.1, 0.15) is 12.2 Å². The lowest BCUT2D eigenvalue weighted by Crippen LogP contribution is -2.52. The van der Waals surface area contributed by atoms with Crippen molar-refractivity contribution in [2.75, 3.05) is 13.2 Å². The number of nitrogens with zero attached hydrogens (tertiary/aromatic N) is 2. The van der Waals surface area contributed by atoms with E-state index in [1.807, 2.05) is 32.0 Å². The Kier molecular flexibility index (Phi) is 11.0. The Hall–Kier alpha value is -1.55. The number of nitriles is 1. The van der Waals surface area contributed by atoms with E-state index in [-0.39, 0.29) is 43.1 Å². The molecule has 0 aliphatic carbocycles. The molecule has 1 heterocycles. The number of hydrogen-bond acceptors (Lipinski definition) is 7. The third-order valence-corrected chi connectivity index (χ3v) is 7.48. The van der Waals surface area contributed by atoms with Crippen LogP contribution in [0.5, 0.6) is 0 Å². The van der Waals surface area contributed by atoms with Crippen LogP contribution < -0.4 is 0 Å². The van der Waals surface area contributed by atoms with Gasteiger partial charge in [0.25, 0.3) is 8.53 Å². The van der Waals surface area contributed by atoms with Crippen LogP contribution in [0.2, 0.25) is 0 Å². The normalized spacial score (nSPS) is 24.5. The standard InChI is InChI=1S/C24H37N2O5P/c1-7-21-23(31-32(29-15-11-14-25)26(17(2)3)18(4)5)22(19(6)16-28-21)30-24(27)20-12-9-8-10-13-20/h8-10,12-13,17-19,21-23H,7,11,15-16H2,1-6H3. The summed E-state index contributed by atoms with van der Waals surface area (Å²) in [5, 5.41) is 8.97. The molecule has 1 aromatic rings. The van der Waals surface area contributed by atoms with Crippen molar-refractivity contribution in [3.8, 4) is 6.07 Å². The Morgan fingerprint density at radius 3 is 2.44 bits per heavy atom. The Morgan fingerprint density at radius 2 is 1.88 bits per heavy atom. The molecule has 7 nitrogen and oxygen atoms in total. The third kappa shape index (κ3) is 7.23. The van der Waals surface area contributed by atoms with Crippen molar-refractivity contribution >= 4 is 14.5 Å². The van der Waals surface area contributed by atoms with Gasteiger partial charge >= 0.3 is 5.97 Å². The molecule has 0 saturated carbocycles. The first-order valence-electron chi connectivity index (χ1n) is 11.4. The Bertz CT molecular complexity index is 732. The lowest BCUT2D eigenvalue weighted by Gasteiger charge is -2.44. The van der Waals surface area contributed by atoms with Crippen LogP contribution >= 0.6 is 8.53 Å². The predicted molar refractivity (Wildman–Crippen MR) is 125 cm³/mol. The summed E-state index contributed by atoms with van der Waals surface area (Å²) in [5.41, 5.74) is 0.511. The van der Waals surface area contributed by atoms with Crippen LogP contribution in [-0.2, 0) is 18.5 Å². The van der Waals surface area contributed by atoms with E-state index in [0.29, 0.717) is 12.2 Å². The van der Waals surface area contributed by atoms with Crippen LogP contribution in [-0.4, -0.2) is 54.2 Å². The number of hydrogen-bond donors (Lipinski definition) is 0. The summed E-state index contributed by atoms with van der Waals surface area (Å²) in [6, 6.07) is 11.5. The van der Waals surface area contributed by atoms with Crippen molar-refractivity contribution in [3.05, 3.63) is 35.9 Å². The molecular weight excluding hydrogens is 427 g/mol. The fourth-order valence-electron chi connectivity index (χ4n) is 3.83. The van der Waals surface area contributed by atoms with E-state index in [2.05, 4.69) is 38.4 Å². The zero-order valence-electron chi connectivity index (χ0n) is 20.1. The van der Waals surface area contributed by atoms with Crippen molar-refractivity contribution in [1.29, 1.82) is 5.26 Å². The van der Waals surface area contributed by atoms with Gasteiger partial charge in [0, 0.05) is 18.0 Å². The fraction of sp³-hybridized carbons (Fsp3) is 0.667. The number of rotatable bonds is 11. The highest BCUT2D eigenvalue weighted by molar-refractivity contribution is 7.44. The summed E-state index contributed by atoms with van der Waals surface area (Å²) in [7, 11) is -1.48. The molecule has 0 spiro atoms. The lowest BCUT2D eigenvalue weighted by molar-refractivity contribution is -0.155. The zero-order chi connectivity index (χ0) is 23.7. The van der Waals surface area contributed by atoms with Gasteiger partial charge in [-0.25, -0.2) is 9.46 Å². The van der Waals surface area contributed by atoms with Gasteiger partial charge in [0.05, 0.1) is 37.4 Å². The van der Waals surface area contributed by atoms with E-state index in [0.717, 1.165) is 6.42 Å². The molecular formula is C24H37N2O5P. The van der Waals surface area contributed by atoms with Crippen LogP contribution in [0.4, 0.5) is 0 Å². The molecule has 0 radical (unpaired) electrons. The van der Waals surface area contributed by atoms with E-state index >= 15 is 0 Å². The summed E-state index contributed by atoms with van der Waals surface area (Å²) in [6.07, 6.45) is -0.142. The van der Waals surface area contributed by atoms with Gasteiger partial charge < -0.3 is 18.5 Å². The summed E-state index contributed by atoms with van der Waals surface area (Å²) in [4.78, 5) is 12.9. The summed E-state index contributed by atoms with van der Waals surface area (Å²) < 4.78 is 26.9. The molecule has 5 unspecified atom stereocenters. The first kappa shape index (κ1) is 26.7. The molecule has 0 amide bonds. The summed E-state index contributed by atoms with van der Waals surface area (Å²) >= 11 is 0. The second-order valence-electron chi connectivity index (χ2n) is 8.61. The van der Waals surface area contributed by atoms with E-state index in [4.69, 9.17) is 23.8 Å². The van der Waals surface area contributed by atoms with Gasteiger partial charge in [-0.05, 0) is 46.2 Å². The van der Waals surface area contributed by atoms with Crippen molar-refractivity contribution < 1.29 is 23.3 Å². The highest BCUT2D eigenvalue weighted by Gasteiger charge is 2.44. The van der Waals surface area contributed by atoms with Crippen LogP contribution in [0.3, 0.4) is 0 Å². The van der Waals surface area contributed by atoms with Gasteiger partial charge in [-0.3, -0.25) is 0 Å². The minimum absolute atomic E-state index is 0.0297.